The molecule has 0 aromatic rings. The molecular weight excluding hydrogens is 751 g/mol. The standard InChI is InChI=1S/C51H97N3O6/c1-6-9-12-15-18-27-34-44-59-46(55)38-30-23-19-25-32-41-54(43-35-40-52-48-49(53(4)5)51(58)50(48)57)42-33-26-20-24-31-39-47(56)60-45(36-28-21-16-13-10-7-2)37-29-22-17-14-11-8-3/h45,51-52,58H,6-44H2,1-5H3. The largest absolute Gasteiger partial charge is 0.466 e. The van der Waals surface area contributed by atoms with E-state index in [9.17, 15) is 19.5 Å². The Morgan fingerprint density at radius 2 is 0.983 bits per heavy atom. The summed E-state index contributed by atoms with van der Waals surface area (Å²) < 4.78 is 11.5. The molecule has 1 rings (SSSR count). The van der Waals surface area contributed by atoms with Gasteiger partial charge in [-0.3, -0.25) is 14.4 Å². The molecule has 0 saturated carbocycles. The number of ether oxygens (including phenoxy) is 2. The van der Waals surface area contributed by atoms with Gasteiger partial charge in [0.1, 0.15) is 11.8 Å². The van der Waals surface area contributed by atoms with Gasteiger partial charge < -0.3 is 29.7 Å². The maximum atomic E-state index is 12.9. The van der Waals surface area contributed by atoms with Gasteiger partial charge in [-0.2, -0.15) is 0 Å². The van der Waals surface area contributed by atoms with Crippen LogP contribution in [-0.4, -0.2) is 91.7 Å². The summed E-state index contributed by atoms with van der Waals surface area (Å²) in [5.74, 6) is -0.257. The number of nitrogens with zero attached hydrogens (tertiary/aromatic N) is 2. The molecule has 9 nitrogen and oxygen atoms in total. The Bertz CT molecular complexity index is 1070. The van der Waals surface area contributed by atoms with E-state index in [2.05, 4.69) is 31.0 Å². The van der Waals surface area contributed by atoms with Gasteiger partial charge in [0, 0.05) is 33.5 Å². The van der Waals surface area contributed by atoms with E-state index < -0.39 is 6.10 Å². The van der Waals surface area contributed by atoms with Crippen LogP contribution < -0.4 is 5.32 Å². The minimum absolute atomic E-state index is 0.00191. The average molecular weight is 848 g/mol. The number of likely N-dealkylation sites (N-methyl/N-ethyl adjacent to an activating group) is 1. The third kappa shape index (κ3) is 30.0. The molecular formula is C51H97N3O6. The summed E-state index contributed by atoms with van der Waals surface area (Å²) in [6.45, 7) is 11.1. The van der Waals surface area contributed by atoms with Crippen molar-refractivity contribution in [2.45, 2.75) is 251 Å². The second-order valence-corrected chi connectivity index (χ2v) is 18.1. The van der Waals surface area contributed by atoms with Gasteiger partial charge in [-0.05, 0) is 83.8 Å². The third-order valence-electron chi connectivity index (χ3n) is 12.2. The fraction of sp³-hybridized carbons (Fsp3) is 0.902. The van der Waals surface area contributed by atoms with E-state index >= 15 is 0 Å². The lowest BCUT2D eigenvalue weighted by Crippen LogP contribution is -2.48. The number of esters is 2. The van der Waals surface area contributed by atoms with Gasteiger partial charge in [0.25, 0.3) is 0 Å². The van der Waals surface area contributed by atoms with Crippen LogP contribution in [0.3, 0.4) is 0 Å². The molecule has 9 heteroatoms. The zero-order chi connectivity index (χ0) is 43.9. The molecule has 0 bridgehead atoms. The van der Waals surface area contributed by atoms with Gasteiger partial charge in [-0.1, -0.05) is 162 Å². The number of hydrogen-bond donors (Lipinski definition) is 2. The van der Waals surface area contributed by atoms with Gasteiger partial charge >= 0.3 is 11.9 Å². The molecule has 352 valence electrons. The summed E-state index contributed by atoms with van der Waals surface area (Å²) in [5, 5.41) is 13.3. The Kier molecular flexibility index (Phi) is 37.0. The number of nitrogens with one attached hydrogen (secondary N) is 1. The zero-order valence-electron chi connectivity index (χ0n) is 40.1. The summed E-state index contributed by atoms with van der Waals surface area (Å²) >= 11 is 0. The fourth-order valence-corrected chi connectivity index (χ4v) is 8.34. The van der Waals surface area contributed by atoms with Gasteiger partial charge in [0.2, 0.25) is 5.78 Å². The Balaban J connectivity index is 2.39. The number of carbonyl (C=O) groups is 3. The number of hydrogen-bond acceptors (Lipinski definition) is 9. The highest BCUT2D eigenvalue weighted by molar-refractivity contribution is 6.07. The van der Waals surface area contributed by atoms with Crippen molar-refractivity contribution in [3.8, 4) is 0 Å². The van der Waals surface area contributed by atoms with Crippen LogP contribution in [0.5, 0.6) is 0 Å². The molecule has 0 amide bonds. The van der Waals surface area contributed by atoms with Crippen molar-refractivity contribution in [2.24, 2.45) is 0 Å². The number of rotatable bonds is 45. The van der Waals surface area contributed by atoms with Gasteiger partial charge in [0.15, 0.2) is 6.10 Å². The number of aliphatic hydroxyl groups is 1. The SMILES string of the molecule is CCCCCCCCCOC(=O)CCCCCCCN(CCCCCCCC(=O)OC(CCCCCCCC)CCCCCCCC)CCCNC1=C(N(C)C)C(O)C1=O. The molecule has 0 aromatic heterocycles. The molecule has 1 unspecified atom stereocenters. The number of aliphatic hydroxyl groups excluding tert-OH is 1. The first-order valence-electron chi connectivity index (χ1n) is 25.7. The highest BCUT2D eigenvalue weighted by Gasteiger charge is 2.39. The Morgan fingerprint density at radius 1 is 0.567 bits per heavy atom. The van der Waals surface area contributed by atoms with Crippen molar-refractivity contribution in [3.05, 3.63) is 11.4 Å². The summed E-state index contributed by atoms with van der Waals surface area (Å²) in [4.78, 5) is 41.6. The maximum Gasteiger partial charge on any atom is 0.306 e. The lowest BCUT2D eigenvalue weighted by Gasteiger charge is -2.33. The second kappa shape index (κ2) is 39.7. The van der Waals surface area contributed by atoms with Crippen molar-refractivity contribution in [1.82, 2.24) is 15.1 Å². The summed E-state index contributed by atoms with van der Waals surface area (Å²) in [6.07, 6.45) is 37.7. The fourth-order valence-electron chi connectivity index (χ4n) is 8.34. The molecule has 0 aliphatic heterocycles. The molecule has 0 radical (unpaired) electrons. The molecule has 0 fully saturated rings. The van der Waals surface area contributed by atoms with Crippen LogP contribution in [0, 0.1) is 0 Å². The van der Waals surface area contributed by atoms with Crippen LogP contribution in [0.2, 0.25) is 0 Å². The van der Waals surface area contributed by atoms with Gasteiger partial charge in [0.05, 0.1) is 12.3 Å². The van der Waals surface area contributed by atoms with Gasteiger partial charge in [-0.25, -0.2) is 0 Å². The normalized spacial score (nSPS) is 14.0. The van der Waals surface area contributed by atoms with E-state index in [1.807, 2.05) is 19.0 Å². The molecule has 0 heterocycles. The first-order valence-corrected chi connectivity index (χ1v) is 25.7. The van der Waals surface area contributed by atoms with Crippen LogP contribution in [0.15, 0.2) is 11.4 Å². The zero-order valence-corrected chi connectivity index (χ0v) is 40.1. The Morgan fingerprint density at radius 3 is 1.48 bits per heavy atom. The van der Waals surface area contributed by atoms with Crippen LogP contribution >= 0.6 is 0 Å². The number of unbranched alkanes of at least 4 members (excludes halogenated alkanes) is 24. The highest BCUT2D eigenvalue weighted by Crippen LogP contribution is 2.24. The molecule has 0 saturated heterocycles. The van der Waals surface area contributed by atoms with Gasteiger partial charge in [-0.15, -0.1) is 0 Å². The van der Waals surface area contributed by atoms with E-state index in [0.717, 1.165) is 116 Å². The average Bonchev–Trinajstić information content (AvgIpc) is 3.23. The monoisotopic (exact) mass is 848 g/mol. The molecule has 2 N–H and O–H groups in total. The predicted octanol–water partition coefficient (Wildman–Crippen LogP) is 12.4. The molecule has 1 aliphatic rings. The minimum Gasteiger partial charge on any atom is -0.466 e. The van der Waals surface area contributed by atoms with Crippen molar-refractivity contribution >= 4 is 17.7 Å². The van der Waals surface area contributed by atoms with E-state index in [-0.39, 0.29) is 23.8 Å². The second-order valence-electron chi connectivity index (χ2n) is 18.1. The van der Waals surface area contributed by atoms with Crippen LogP contribution in [0.4, 0.5) is 0 Å². The number of ketones is 1. The van der Waals surface area contributed by atoms with E-state index in [1.165, 1.54) is 109 Å². The molecule has 60 heavy (non-hydrogen) atoms. The van der Waals surface area contributed by atoms with Crippen molar-refractivity contribution in [3.63, 3.8) is 0 Å². The molecule has 1 atom stereocenters. The summed E-state index contributed by atoms with van der Waals surface area (Å²) in [6, 6.07) is 0. The Hall–Kier alpha value is -2.13. The van der Waals surface area contributed by atoms with Crippen molar-refractivity contribution < 1.29 is 29.0 Å². The molecule has 0 spiro atoms. The van der Waals surface area contributed by atoms with Crippen molar-refractivity contribution in [2.75, 3.05) is 46.9 Å². The molecule has 1 aliphatic carbocycles. The summed E-state index contributed by atoms with van der Waals surface area (Å²) in [5.41, 5.74) is 1.23. The van der Waals surface area contributed by atoms with E-state index in [0.29, 0.717) is 37.4 Å². The van der Waals surface area contributed by atoms with Crippen molar-refractivity contribution in [1.29, 1.82) is 0 Å². The lowest BCUT2D eigenvalue weighted by molar-refractivity contribution is -0.150. The summed E-state index contributed by atoms with van der Waals surface area (Å²) in [7, 11) is 3.71. The third-order valence-corrected chi connectivity index (χ3v) is 12.2. The highest BCUT2D eigenvalue weighted by atomic mass is 16.5. The smallest absolute Gasteiger partial charge is 0.306 e. The van der Waals surface area contributed by atoms with Crippen LogP contribution in [0.1, 0.15) is 239 Å². The number of Topliss-reactive ketones (excluding diaryl/α,β-unsaturated/α-hetero) is 1. The lowest BCUT2D eigenvalue weighted by atomic mass is 9.94. The number of carbonyl (C=O) groups excluding carboxylic acids is 3. The first-order chi connectivity index (χ1) is 29.2. The minimum atomic E-state index is -1.01. The topological polar surface area (TPSA) is 108 Å². The predicted molar refractivity (Wildman–Crippen MR) is 251 cm³/mol. The maximum absolute atomic E-state index is 12.9. The molecule has 0 aromatic carbocycles. The first kappa shape index (κ1) is 55.9. The Labute approximate surface area is 370 Å². The van der Waals surface area contributed by atoms with Crippen LogP contribution in [-0.2, 0) is 23.9 Å². The van der Waals surface area contributed by atoms with E-state index in [1.54, 1.807) is 0 Å². The van der Waals surface area contributed by atoms with E-state index in [4.69, 9.17) is 9.47 Å². The van der Waals surface area contributed by atoms with Crippen LogP contribution in [0.25, 0.3) is 0 Å². The quantitative estimate of drug-likeness (QED) is 0.0457.